The first-order chi connectivity index (χ1) is 8.09. The number of benzene rings is 1. The Labute approximate surface area is 103 Å². The van der Waals surface area contributed by atoms with Crippen molar-refractivity contribution in [3.8, 4) is 0 Å². The fourth-order valence-electron chi connectivity index (χ4n) is 1.46. The maximum absolute atomic E-state index is 13.8. The number of hydrogen-bond acceptors (Lipinski definition) is 4. The zero-order valence-corrected chi connectivity index (χ0v) is 10.4. The van der Waals surface area contributed by atoms with Crippen LogP contribution in [-0.2, 0) is 7.05 Å². The Balaban J connectivity index is 2.41. The highest BCUT2D eigenvalue weighted by atomic mass is 32.2. The highest BCUT2D eigenvalue weighted by Crippen LogP contribution is 2.33. The van der Waals surface area contributed by atoms with Gasteiger partial charge in [0.1, 0.15) is 12.1 Å². The molecule has 2 N–H and O–H groups in total. The van der Waals surface area contributed by atoms with E-state index >= 15 is 0 Å². The molecule has 6 heteroatoms. The highest BCUT2D eigenvalue weighted by molar-refractivity contribution is 7.99. The predicted molar refractivity (Wildman–Crippen MR) is 64.1 cm³/mol. The summed E-state index contributed by atoms with van der Waals surface area (Å²) in [6.45, 7) is 1.83. The minimum Gasteiger partial charge on any atom is -0.324 e. The lowest BCUT2D eigenvalue weighted by Gasteiger charge is -2.12. The molecule has 0 fully saturated rings. The van der Waals surface area contributed by atoms with Gasteiger partial charge < -0.3 is 5.73 Å². The largest absolute Gasteiger partial charge is 0.324 e. The summed E-state index contributed by atoms with van der Waals surface area (Å²) >= 11 is 1.24. The van der Waals surface area contributed by atoms with E-state index in [4.69, 9.17) is 5.73 Å². The van der Waals surface area contributed by atoms with Crippen LogP contribution in [0.2, 0.25) is 0 Å². The average molecular weight is 252 g/mol. The number of nitrogens with two attached hydrogens (primary N) is 1. The quantitative estimate of drug-likeness (QED) is 0.909. The lowest BCUT2D eigenvalue weighted by Crippen LogP contribution is -2.07. The van der Waals surface area contributed by atoms with E-state index in [1.165, 1.54) is 24.2 Å². The summed E-state index contributed by atoms with van der Waals surface area (Å²) in [4.78, 5) is 4.57. The van der Waals surface area contributed by atoms with Crippen molar-refractivity contribution in [3.05, 3.63) is 35.9 Å². The smallest absolute Gasteiger partial charge is 0.190 e. The number of aryl methyl sites for hydroxylation is 1. The van der Waals surface area contributed by atoms with E-state index in [1.807, 2.05) is 13.0 Å². The van der Waals surface area contributed by atoms with E-state index in [2.05, 4.69) is 10.1 Å². The minimum atomic E-state index is -0.284. The van der Waals surface area contributed by atoms with Gasteiger partial charge in [-0.25, -0.2) is 14.1 Å². The van der Waals surface area contributed by atoms with Crippen LogP contribution < -0.4 is 5.73 Å². The second kappa shape index (κ2) is 4.85. The third-order valence-electron chi connectivity index (χ3n) is 2.35. The first-order valence-electron chi connectivity index (χ1n) is 5.15. The zero-order chi connectivity index (χ0) is 12.4. The van der Waals surface area contributed by atoms with Crippen molar-refractivity contribution >= 4 is 11.8 Å². The van der Waals surface area contributed by atoms with Gasteiger partial charge in [0.25, 0.3) is 0 Å². The van der Waals surface area contributed by atoms with Crippen molar-refractivity contribution in [2.24, 2.45) is 12.8 Å². The van der Waals surface area contributed by atoms with Gasteiger partial charge in [-0.15, -0.1) is 0 Å². The van der Waals surface area contributed by atoms with Crippen LogP contribution >= 0.6 is 11.8 Å². The van der Waals surface area contributed by atoms with Gasteiger partial charge in [0.2, 0.25) is 0 Å². The minimum absolute atomic E-state index is 0.221. The van der Waals surface area contributed by atoms with Gasteiger partial charge in [-0.3, -0.25) is 0 Å². The van der Waals surface area contributed by atoms with Crippen molar-refractivity contribution in [2.75, 3.05) is 0 Å². The Bertz CT molecular complexity index is 524. The molecule has 1 aromatic heterocycles. The van der Waals surface area contributed by atoms with Crippen molar-refractivity contribution < 1.29 is 4.39 Å². The summed E-state index contributed by atoms with van der Waals surface area (Å²) in [7, 11) is 1.77. The van der Waals surface area contributed by atoms with Gasteiger partial charge in [0.05, 0.1) is 4.90 Å². The Morgan fingerprint density at radius 2 is 2.24 bits per heavy atom. The maximum Gasteiger partial charge on any atom is 0.190 e. The molecule has 1 atom stereocenters. The van der Waals surface area contributed by atoms with E-state index in [1.54, 1.807) is 17.8 Å². The van der Waals surface area contributed by atoms with Gasteiger partial charge >= 0.3 is 0 Å². The lowest BCUT2D eigenvalue weighted by atomic mass is 10.1. The number of nitrogens with zero attached hydrogens (tertiary/aromatic N) is 3. The Kier molecular flexibility index (Phi) is 3.44. The summed E-state index contributed by atoms with van der Waals surface area (Å²) in [5, 5.41) is 4.58. The van der Waals surface area contributed by atoms with E-state index in [9.17, 15) is 4.39 Å². The lowest BCUT2D eigenvalue weighted by molar-refractivity contribution is 0.590. The summed E-state index contributed by atoms with van der Waals surface area (Å²) in [5.74, 6) is -0.284. The molecular formula is C11H13FN4S. The molecule has 4 nitrogen and oxygen atoms in total. The number of aromatic nitrogens is 3. The molecule has 90 valence electrons. The van der Waals surface area contributed by atoms with Crippen LogP contribution in [0.5, 0.6) is 0 Å². The Morgan fingerprint density at radius 1 is 1.47 bits per heavy atom. The normalized spacial score (nSPS) is 12.7. The Morgan fingerprint density at radius 3 is 2.82 bits per heavy atom. The monoisotopic (exact) mass is 252 g/mol. The first-order valence-corrected chi connectivity index (χ1v) is 5.97. The van der Waals surface area contributed by atoms with Gasteiger partial charge in [-0.2, -0.15) is 5.10 Å². The number of hydrogen-bond donors (Lipinski definition) is 1. The number of halogens is 1. The van der Waals surface area contributed by atoms with Crippen LogP contribution in [0.1, 0.15) is 18.5 Å². The first kappa shape index (κ1) is 12.1. The van der Waals surface area contributed by atoms with Crippen molar-refractivity contribution in [1.29, 1.82) is 0 Å². The van der Waals surface area contributed by atoms with Gasteiger partial charge in [0.15, 0.2) is 5.16 Å². The molecule has 2 rings (SSSR count). The van der Waals surface area contributed by atoms with Crippen molar-refractivity contribution in [2.45, 2.75) is 23.0 Å². The van der Waals surface area contributed by atoms with Crippen LogP contribution in [0.3, 0.4) is 0 Å². The van der Waals surface area contributed by atoms with Crippen LogP contribution in [0.4, 0.5) is 4.39 Å². The molecule has 0 bridgehead atoms. The van der Waals surface area contributed by atoms with E-state index in [0.717, 1.165) is 5.56 Å². The summed E-state index contributed by atoms with van der Waals surface area (Å²) in [6.07, 6.45) is 1.44. The number of rotatable bonds is 3. The van der Waals surface area contributed by atoms with E-state index in [-0.39, 0.29) is 11.9 Å². The molecule has 2 aromatic rings. The average Bonchev–Trinajstić information content (AvgIpc) is 2.67. The standard InChI is InChI=1S/C11H13FN4S/c1-7(13)8-4-3-5-9(12)10(8)17-11-14-6-15-16(11)2/h3-7H,13H2,1-2H3. The molecule has 1 aromatic carbocycles. The molecule has 1 heterocycles. The SMILES string of the molecule is CC(N)c1cccc(F)c1Sc1ncnn1C. The third kappa shape index (κ3) is 2.48. The molecule has 17 heavy (non-hydrogen) atoms. The maximum atomic E-state index is 13.8. The van der Waals surface area contributed by atoms with Crippen molar-refractivity contribution in [1.82, 2.24) is 14.8 Å². The van der Waals surface area contributed by atoms with Gasteiger partial charge in [-0.1, -0.05) is 12.1 Å². The zero-order valence-electron chi connectivity index (χ0n) is 9.59. The fraction of sp³-hybridized carbons (Fsp3) is 0.273. The van der Waals surface area contributed by atoms with Crippen LogP contribution in [-0.4, -0.2) is 14.8 Å². The molecule has 0 aliphatic heterocycles. The van der Waals surface area contributed by atoms with Crippen LogP contribution in [0.15, 0.2) is 34.6 Å². The second-order valence-electron chi connectivity index (χ2n) is 3.72. The van der Waals surface area contributed by atoms with Crippen molar-refractivity contribution in [3.63, 3.8) is 0 Å². The molecular weight excluding hydrogens is 239 g/mol. The van der Waals surface area contributed by atoms with Crippen LogP contribution in [0, 0.1) is 5.82 Å². The molecule has 0 amide bonds. The molecule has 0 spiro atoms. The second-order valence-corrected chi connectivity index (χ2v) is 4.69. The van der Waals surface area contributed by atoms with E-state index in [0.29, 0.717) is 10.1 Å². The summed E-state index contributed by atoms with van der Waals surface area (Å²) in [6, 6.07) is 4.69. The topological polar surface area (TPSA) is 56.7 Å². The van der Waals surface area contributed by atoms with Crippen LogP contribution in [0.25, 0.3) is 0 Å². The molecule has 0 radical (unpaired) electrons. The van der Waals surface area contributed by atoms with Gasteiger partial charge in [-0.05, 0) is 30.3 Å². The molecule has 0 aliphatic rings. The molecule has 0 saturated carbocycles. The fourth-order valence-corrected chi connectivity index (χ4v) is 2.46. The molecule has 1 unspecified atom stereocenters. The van der Waals surface area contributed by atoms with E-state index < -0.39 is 0 Å². The predicted octanol–water partition coefficient (Wildman–Crippen LogP) is 2.13. The third-order valence-corrected chi connectivity index (χ3v) is 3.54. The highest BCUT2D eigenvalue weighted by Gasteiger charge is 2.15. The summed E-state index contributed by atoms with van der Waals surface area (Å²) in [5.41, 5.74) is 6.60. The Hall–Kier alpha value is -1.40. The van der Waals surface area contributed by atoms with Gasteiger partial charge in [0, 0.05) is 13.1 Å². The molecule has 0 saturated heterocycles. The molecule has 0 aliphatic carbocycles. The summed E-state index contributed by atoms with van der Waals surface area (Å²) < 4.78 is 15.4.